The monoisotopic (exact) mass is 323 g/mol. The number of hydrogen-bond acceptors (Lipinski definition) is 7. The molecule has 0 saturated carbocycles. The number of carbonyl (C=O) groups is 3. The van der Waals surface area contributed by atoms with Gasteiger partial charge in [0, 0.05) is 24.3 Å². The SMILES string of the molecule is COC(=O)C1CC(OCCSF)C(=O)N1C(=O)OC(C)C. The zero-order chi connectivity index (χ0) is 16.0. The normalized spacial score (nSPS) is 21.8. The van der Waals surface area contributed by atoms with Crippen LogP contribution in [0.15, 0.2) is 0 Å². The van der Waals surface area contributed by atoms with Gasteiger partial charge in [0.25, 0.3) is 5.91 Å². The Kier molecular flexibility index (Phi) is 6.90. The fourth-order valence-corrected chi connectivity index (χ4v) is 2.05. The molecule has 1 saturated heterocycles. The Morgan fingerprint density at radius 1 is 1.48 bits per heavy atom. The molecule has 9 heteroatoms. The van der Waals surface area contributed by atoms with Crippen molar-refractivity contribution >= 4 is 30.1 Å². The molecule has 1 aliphatic rings. The van der Waals surface area contributed by atoms with Gasteiger partial charge in [-0.2, -0.15) is 3.89 Å². The lowest BCUT2D eigenvalue weighted by molar-refractivity contribution is -0.148. The van der Waals surface area contributed by atoms with E-state index in [2.05, 4.69) is 4.74 Å². The molecule has 1 rings (SSSR count). The first kappa shape index (κ1) is 17.7. The summed E-state index contributed by atoms with van der Waals surface area (Å²) in [7, 11) is 1.16. The second-order valence-corrected chi connectivity index (χ2v) is 5.21. The zero-order valence-electron chi connectivity index (χ0n) is 12.0. The smallest absolute Gasteiger partial charge is 0.417 e. The van der Waals surface area contributed by atoms with E-state index < -0.39 is 36.2 Å². The molecule has 0 aliphatic carbocycles. The van der Waals surface area contributed by atoms with Crippen LogP contribution in [-0.2, 0) is 23.8 Å². The van der Waals surface area contributed by atoms with Crippen molar-refractivity contribution in [3.63, 3.8) is 0 Å². The highest BCUT2D eigenvalue weighted by Gasteiger charge is 2.48. The molecule has 0 spiro atoms. The number of nitrogens with zero attached hydrogens (tertiary/aromatic N) is 1. The van der Waals surface area contributed by atoms with E-state index in [1.807, 2.05) is 0 Å². The Balaban J connectivity index is 2.82. The van der Waals surface area contributed by atoms with Crippen LogP contribution in [0, 0.1) is 0 Å². The highest BCUT2D eigenvalue weighted by molar-refractivity contribution is 7.94. The summed E-state index contributed by atoms with van der Waals surface area (Å²) in [5.41, 5.74) is 0. The molecule has 7 nitrogen and oxygen atoms in total. The summed E-state index contributed by atoms with van der Waals surface area (Å²) in [6.07, 6.45) is -2.38. The molecular formula is C12H18FNO6S. The van der Waals surface area contributed by atoms with Gasteiger partial charge in [0.1, 0.15) is 12.1 Å². The van der Waals surface area contributed by atoms with Crippen molar-refractivity contribution in [2.24, 2.45) is 0 Å². The van der Waals surface area contributed by atoms with Gasteiger partial charge in [-0.1, -0.05) is 0 Å². The van der Waals surface area contributed by atoms with Crippen molar-refractivity contribution in [1.29, 1.82) is 0 Å². The van der Waals surface area contributed by atoms with Crippen molar-refractivity contribution in [3.05, 3.63) is 0 Å². The third-order valence-corrected chi connectivity index (χ3v) is 3.07. The van der Waals surface area contributed by atoms with Gasteiger partial charge in [-0.05, 0) is 13.8 Å². The number of halogens is 1. The van der Waals surface area contributed by atoms with Crippen LogP contribution >= 0.6 is 12.1 Å². The van der Waals surface area contributed by atoms with Crippen LogP contribution in [0.5, 0.6) is 0 Å². The maximum atomic E-state index is 12.1. The maximum absolute atomic E-state index is 12.1. The number of rotatable bonds is 6. The predicted octanol–water partition coefficient (Wildman–Crippen LogP) is 1.31. The fraction of sp³-hybridized carbons (Fsp3) is 0.750. The number of likely N-dealkylation sites (tertiary alicyclic amines) is 1. The number of ether oxygens (including phenoxy) is 3. The second kappa shape index (κ2) is 8.18. The Morgan fingerprint density at radius 2 is 2.14 bits per heavy atom. The van der Waals surface area contributed by atoms with Crippen molar-refractivity contribution in [2.45, 2.75) is 38.5 Å². The lowest BCUT2D eigenvalue weighted by Gasteiger charge is -2.21. The molecule has 21 heavy (non-hydrogen) atoms. The van der Waals surface area contributed by atoms with Gasteiger partial charge < -0.3 is 14.2 Å². The standard InChI is InChI=1S/C12H18FNO6S/c1-7(2)20-12(17)14-8(11(16)18-3)6-9(10(14)15)19-4-5-21-13/h7-9H,4-6H2,1-3H3. The number of hydrogen-bond donors (Lipinski definition) is 0. The van der Waals surface area contributed by atoms with Gasteiger partial charge in [-0.15, -0.1) is 0 Å². The van der Waals surface area contributed by atoms with Gasteiger partial charge in [-0.3, -0.25) is 4.79 Å². The molecule has 2 unspecified atom stereocenters. The lowest BCUT2D eigenvalue weighted by Crippen LogP contribution is -2.45. The topological polar surface area (TPSA) is 82.1 Å². The minimum absolute atomic E-state index is 0.00145. The molecule has 0 N–H and O–H groups in total. The van der Waals surface area contributed by atoms with E-state index >= 15 is 0 Å². The van der Waals surface area contributed by atoms with Crippen molar-refractivity contribution in [3.8, 4) is 0 Å². The Bertz CT molecular complexity index is 405. The van der Waals surface area contributed by atoms with E-state index in [-0.39, 0.29) is 30.9 Å². The highest BCUT2D eigenvalue weighted by Crippen LogP contribution is 2.24. The average Bonchev–Trinajstić information content (AvgIpc) is 2.75. The fourth-order valence-electron chi connectivity index (χ4n) is 1.89. The van der Waals surface area contributed by atoms with Crippen LogP contribution < -0.4 is 0 Å². The number of amides is 2. The van der Waals surface area contributed by atoms with Crippen molar-refractivity contribution in [1.82, 2.24) is 4.90 Å². The lowest BCUT2D eigenvalue weighted by atomic mass is 10.2. The van der Waals surface area contributed by atoms with Crippen LogP contribution in [0.3, 0.4) is 0 Å². The van der Waals surface area contributed by atoms with Gasteiger partial charge >= 0.3 is 12.1 Å². The van der Waals surface area contributed by atoms with Crippen LogP contribution in [0.2, 0.25) is 0 Å². The zero-order valence-corrected chi connectivity index (χ0v) is 12.9. The number of methoxy groups -OCH3 is 1. The first-order valence-corrected chi connectivity index (χ1v) is 7.27. The molecule has 0 bridgehead atoms. The van der Waals surface area contributed by atoms with Crippen LogP contribution in [0.25, 0.3) is 0 Å². The highest BCUT2D eigenvalue weighted by atomic mass is 32.2. The molecule has 1 aliphatic heterocycles. The molecular weight excluding hydrogens is 305 g/mol. The molecule has 0 radical (unpaired) electrons. The summed E-state index contributed by atoms with van der Waals surface area (Å²) in [5, 5.41) is 0. The van der Waals surface area contributed by atoms with Gasteiger partial charge in [0.05, 0.1) is 19.8 Å². The summed E-state index contributed by atoms with van der Waals surface area (Å²) < 4.78 is 26.7. The Labute approximate surface area is 126 Å². The minimum atomic E-state index is -1.09. The van der Waals surface area contributed by atoms with Crippen molar-refractivity contribution in [2.75, 3.05) is 19.5 Å². The number of carbonyl (C=O) groups excluding carboxylic acids is 3. The molecule has 0 aromatic rings. The second-order valence-electron chi connectivity index (χ2n) is 4.59. The van der Waals surface area contributed by atoms with Gasteiger partial charge in [0.15, 0.2) is 0 Å². The molecule has 1 heterocycles. The van der Waals surface area contributed by atoms with Crippen molar-refractivity contribution < 1.29 is 32.5 Å². The Morgan fingerprint density at radius 3 is 2.67 bits per heavy atom. The van der Waals surface area contributed by atoms with E-state index in [4.69, 9.17) is 9.47 Å². The summed E-state index contributed by atoms with van der Waals surface area (Å²) in [4.78, 5) is 36.5. The molecule has 2 amide bonds. The van der Waals surface area contributed by atoms with Crippen LogP contribution in [0.4, 0.5) is 8.68 Å². The quantitative estimate of drug-likeness (QED) is 0.538. The molecule has 0 aromatic carbocycles. The first-order chi connectivity index (χ1) is 9.92. The average molecular weight is 323 g/mol. The third-order valence-electron chi connectivity index (χ3n) is 2.75. The minimum Gasteiger partial charge on any atom is -0.467 e. The maximum Gasteiger partial charge on any atom is 0.417 e. The third kappa shape index (κ3) is 4.57. The summed E-state index contributed by atoms with van der Waals surface area (Å²) in [6, 6.07) is -1.09. The summed E-state index contributed by atoms with van der Waals surface area (Å²) in [6.45, 7) is 3.24. The molecule has 0 aromatic heterocycles. The van der Waals surface area contributed by atoms with E-state index in [1.165, 1.54) is 0 Å². The summed E-state index contributed by atoms with van der Waals surface area (Å²) in [5.74, 6) is -1.35. The number of imide groups is 1. The molecule has 2 atom stereocenters. The van der Waals surface area contributed by atoms with E-state index in [0.29, 0.717) is 4.90 Å². The van der Waals surface area contributed by atoms with E-state index in [9.17, 15) is 18.3 Å². The number of esters is 1. The van der Waals surface area contributed by atoms with Crippen LogP contribution in [0.1, 0.15) is 20.3 Å². The largest absolute Gasteiger partial charge is 0.467 e. The molecule has 120 valence electrons. The molecule has 1 fully saturated rings. The van der Waals surface area contributed by atoms with Gasteiger partial charge in [-0.25, -0.2) is 14.5 Å². The van der Waals surface area contributed by atoms with Crippen LogP contribution in [-0.4, -0.2) is 60.6 Å². The van der Waals surface area contributed by atoms with E-state index in [0.717, 1.165) is 7.11 Å². The van der Waals surface area contributed by atoms with Gasteiger partial charge in [0.2, 0.25) is 0 Å². The first-order valence-electron chi connectivity index (χ1n) is 6.39. The summed E-state index contributed by atoms with van der Waals surface area (Å²) >= 11 is 0.0802. The predicted molar refractivity (Wildman–Crippen MR) is 72.2 cm³/mol. The van der Waals surface area contributed by atoms with E-state index in [1.54, 1.807) is 13.8 Å². The Hall–Kier alpha value is -1.35.